The molecule has 0 bridgehead atoms. The summed E-state index contributed by atoms with van der Waals surface area (Å²) in [6.07, 6.45) is 7.74. The van der Waals surface area contributed by atoms with Gasteiger partial charge in [0.25, 0.3) is 5.91 Å². The quantitative estimate of drug-likeness (QED) is 0.166. The van der Waals surface area contributed by atoms with Gasteiger partial charge in [0.2, 0.25) is 5.92 Å². The number of carboxylic acid groups (broad SMARTS) is 1. The van der Waals surface area contributed by atoms with Crippen LogP contribution in [0.25, 0.3) is 39.5 Å². The van der Waals surface area contributed by atoms with E-state index < -0.39 is 17.4 Å². The number of amides is 1. The number of halogens is 3. The molecule has 2 aromatic carbocycles. The Hall–Kier alpha value is -4.45. The van der Waals surface area contributed by atoms with Crippen molar-refractivity contribution in [2.75, 3.05) is 0 Å². The molecule has 5 aromatic rings. The molecular weight excluding hydrogens is 682 g/mol. The standard InChI is InChI=1S/C36H35BrF2N6O3/c1-20(33(47)48)15-21-5-8-26-28(16-21)45(3)34(42-26)35(11-4-12-35)43-32(46)23-6-7-25-27(17-23)44(2)30(31-40-18-24(37)19-41-31)29(25)22-9-13-36(38,39)14-10-22/h5-8,15-19,22H,4,9-14H2,1-3H3,(H,43,46)(H,47,48)/b20-15+. The Morgan fingerprint density at radius 3 is 2.35 bits per heavy atom. The van der Waals surface area contributed by atoms with Crippen LogP contribution in [0.5, 0.6) is 0 Å². The van der Waals surface area contributed by atoms with Crippen LogP contribution in [0, 0.1) is 0 Å². The Bertz CT molecular complexity index is 2120. The van der Waals surface area contributed by atoms with Gasteiger partial charge in [0, 0.05) is 61.4 Å². The van der Waals surface area contributed by atoms with Crippen LogP contribution in [0.15, 0.2) is 58.8 Å². The molecule has 2 N–H and O–H groups in total. The largest absolute Gasteiger partial charge is 0.478 e. The number of hydrogen-bond acceptors (Lipinski definition) is 5. The van der Waals surface area contributed by atoms with E-state index in [0.717, 1.165) is 68.3 Å². The van der Waals surface area contributed by atoms with Crippen LogP contribution in [-0.4, -0.2) is 47.0 Å². The lowest BCUT2D eigenvalue weighted by Crippen LogP contribution is -2.52. The maximum atomic E-state index is 14.2. The van der Waals surface area contributed by atoms with Crippen LogP contribution in [0.1, 0.15) is 85.1 Å². The van der Waals surface area contributed by atoms with Gasteiger partial charge in [0.05, 0.1) is 26.7 Å². The molecule has 2 saturated carbocycles. The second-order valence-electron chi connectivity index (χ2n) is 13.2. The fourth-order valence-electron chi connectivity index (χ4n) is 7.31. The molecule has 0 atom stereocenters. The molecule has 0 unspecified atom stereocenters. The van der Waals surface area contributed by atoms with E-state index in [2.05, 4.69) is 31.2 Å². The predicted molar refractivity (Wildman–Crippen MR) is 183 cm³/mol. The maximum Gasteiger partial charge on any atom is 0.331 e. The van der Waals surface area contributed by atoms with E-state index in [1.165, 1.54) is 0 Å². The number of carbonyl (C=O) groups excluding carboxylic acids is 1. The number of benzene rings is 2. The number of carboxylic acids is 1. The molecule has 0 saturated heterocycles. The first kappa shape index (κ1) is 32.1. The van der Waals surface area contributed by atoms with E-state index in [-0.39, 0.29) is 30.2 Å². The molecule has 12 heteroatoms. The molecular formula is C36H35BrF2N6O3. The highest BCUT2D eigenvalue weighted by Crippen LogP contribution is 2.47. The molecule has 0 aliphatic heterocycles. The number of rotatable bonds is 7. The number of aryl methyl sites for hydroxylation is 2. The van der Waals surface area contributed by atoms with Gasteiger partial charge >= 0.3 is 5.97 Å². The summed E-state index contributed by atoms with van der Waals surface area (Å²) in [7, 11) is 3.82. The van der Waals surface area contributed by atoms with E-state index in [0.29, 0.717) is 24.2 Å². The molecule has 9 nitrogen and oxygen atoms in total. The average Bonchev–Trinajstić information content (AvgIpc) is 3.52. The second-order valence-corrected chi connectivity index (χ2v) is 14.1. The predicted octanol–water partition coefficient (Wildman–Crippen LogP) is 7.87. The minimum absolute atomic E-state index is 0.0879. The van der Waals surface area contributed by atoms with Crippen molar-refractivity contribution >= 4 is 55.8 Å². The number of alkyl halides is 2. The summed E-state index contributed by atoms with van der Waals surface area (Å²) in [6, 6.07) is 11.2. The van der Waals surface area contributed by atoms with Crippen molar-refractivity contribution in [2.24, 2.45) is 14.1 Å². The number of carbonyl (C=O) groups is 2. The number of hydrogen-bond donors (Lipinski definition) is 2. The molecule has 7 rings (SSSR count). The zero-order valence-corrected chi connectivity index (χ0v) is 28.4. The molecule has 0 radical (unpaired) electrons. The molecule has 2 fully saturated rings. The van der Waals surface area contributed by atoms with Gasteiger partial charge in [0.1, 0.15) is 5.82 Å². The Balaban J connectivity index is 1.24. The van der Waals surface area contributed by atoms with Crippen LogP contribution in [0.3, 0.4) is 0 Å². The number of nitrogens with one attached hydrogen (secondary N) is 1. The van der Waals surface area contributed by atoms with Gasteiger partial charge in [-0.05, 0) is 102 Å². The van der Waals surface area contributed by atoms with Crippen molar-refractivity contribution in [3.63, 3.8) is 0 Å². The van der Waals surface area contributed by atoms with E-state index in [1.807, 2.05) is 53.6 Å². The number of fused-ring (bicyclic) bond motifs is 2. The van der Waals surface area contributed by atoms with Gasteiger partial charge in [-0.25, -0.2) is 28.5 Å². The van der Waals surface area contributed by atoms with Crippen molar-refractivity contribution in [3.05, 3.63) is 81.4 Å². The van der Waals surface area contributed by atoms with Crippen molar-refractivity contribution in [2.45, 2.75) is 69.2 Å². The molecule has 3 heterocycles. The van der Waals surface area contributed by atoms with E-state index in [4.69, 9.17) is 4.98 Å². The Labute approximate surface area is 284 Å². The van der Waals surface area contributed by atoms with Crippen LogP contribution < -0.4 is 5.32 Å². The van der Waals surface area contributed by atoms with Crippen molar-refractivity contribution in [3.8, 4) is 11.5 Å². The second kappa shape index (κ2) is 11.9. The third-order valence-corrected chi connectivity index (χ3v) is 10.5. The van der Waals surface area contributed by atoms with E-state index >= 15 is 0 Å². The summed E-state index contributed by atoms with van der Waals surface area (Å²) in [6.45, 7) is 1.56. The zero-order valence-electron chi connectivity index (χ0n) is 26.9. The van der Waals surface area contributed by atoms with Gasteiger partial charge < -0.3 is 19.6 Å². The summed E-state index contributed by atoms with van der Waals surface area (Å²) in [5.74, 6) is -2.70. The smallest absolute Gasteiger partial charge is 0.331 e. The average molecular weight is 718 g/mol. The highest BCUT2D eigenvalue weighted by molar-refractivity contribution is 9.10. The van der Waals surface area contributed by atoms with Crippen LogP contribution >= 0.6 is 15.9 Å². The van der Waals surface area contributed by atoms with Crippen LogP contribution in [-0.2, 0) is 24.4 Å². The van der Waals surface area contributed by atoms with Crippen molar-refractivity contribution in [1.82, 2.24) is 29.4 Å². The molecule has 3 aromatic heterocycles. The normalized spacial score (nSPS) is 17.8. The first-order valence-corrected chi connectivity index (χ1v) is 16.8. The van der Waals surface area contributed by atoms with Gasteiger partial charge in [0.15, 0.2) is 5.82 Å². The molecule has 248 valence electrons. The topological polar surface area (TPSA) is 115 Å². The third-order valence-electron chi connectivity index (χ3n) is 10.1. The third kappa shape index (κ3) is 5.59. The van der Waals surface area contributed by atoms with Crippen LogP contribution in [0.4, 0.5) is 8.78 Å². The lowest BCUT2D eigenvalue weighted by atomic mass is 9.75. The van der Waals surface area contributed by atoms with E-state index in [1.54, 1.807) is 31.5 Å². The van der Waals surface area contributed by atoms with Crippen LogP contribution in [0.2, 0.25) is 0 Å². The minimum Gasteiger partial charge on any atom is -0.478 e. The monoisotopic (exact) mass is 716 g/mol. The van der Waals surface area contributed by atoms with E-state index in [9.17, 15) is 23.5 Å². The van der Waals surface area contributed by atoms with Crippen molar-refractivity contribution in [1.29, 1.82) is 0 Å². The molecule has 2 aliphatic rings. The first-order valence-electron chi connectivity index (χ1n) is 16.0. The maximum absolute atomic E-state index is 14.2. The number of nitrogens with zero attached hydrogens (tertiary/aromatic N) is 5. The summed E-state index contributed by atoms with van der Waals surface area (Å²) >= 11 is 3.40. The minimum atomic E-state index is -2.66. The lowest BCUT2D eigenvalue weighted by molar-refractivity contribution is -0.132. The summed E-state index contributed by atoms with van der Waals surface area (Å²) in [4.78, 5) is 39.4. The number of aromatic nitrogens is 5. The molecule has 0 spiro atoms. The molecule has 48 heavy (non-hydrogen) atoms. The highest BCUT2D eigenvalue weighted by Gasteiger charge is 2.44. The Morgan fingerprint density at radius 2 is 1.71 bits per heavy atom. The highest BCUT2D eigenvalue weighted by atomic mass is 79.9. The Morgan fingerprint density at radius 1 is 1.00 bits per heavy atom. The van der Waals surface area contributed by atoms with Gasteiger partial charge in [-0.2, -0.15) is 0 Å². The summed E-state index contributed by atoms with van der Waals surface area (Å²) < 4.78 is 33.1. The fraction of sp³-hybridized carbons (Fsp3) is 0.361. The molecule has 1 amide bonds. The number of imidazole rings is 1. The van der Waals surface area contributed by atoms with Gasteiger partial charge in [-0.15, -0.1) is 0 Å². The van der Waals surface area contributed by atoms with Crippen molar-refractivity contribution < 1.29 is 23.5 Å². The molecule has 2 aliphatic carbocycles. The lowest BCUT2D eigenvalue weighted by Gasteiger charge is -2.41. The number of aliphatic carboxylic acids is 1. The first-order chi connectivity index (χ1) is 22.9. The Kier molecular flexibility index (Phi) is 7.97. The SMILES string of the molecule is C/C(=C\c1ccc2nc(C3(NC(=O)c4ccc5c(C6CCC(F)(F)CC6)c(-c6ncc(Br)cn6)n(C)c5c4)CCC3)n(C)c2c1)C(=O)O. The summed E-state index contributed by atoms with van der Waals surface area (Å²) in [5, 5.41) is 13.5. The fourth-order valence-corrected chi connectivity index (χ4v) is 7.52. The van der Waals surface area contributed by atoms with Gasteiger partial charge in [-0.3, -0.25) is 4.79 Å². The summed E-state index contributed by atoms with van der Waals surface area (Å²) in [5.41, 5.74) is 4.95. The van der Waals surface area contributed by atoms with Gasteiger partial charge in [-0.1, -0.05) is 12.1 Å². The zero-order chi connectivity index (χ0) is 34.0.